The lowest BCUT2D eigenvalue weighted by atomic mass is 10.1. The van der Waals surface area contributed by atoms with Gasteiger partial charge in [-0.15, -0.1) is 0 Å². The molecule has 1 aromatic rings. The molecule has 4 N–H and O–H groups in total. The van der Waals surface area contributed by atoms with Crippen molar-refractivity contribution in [3.05, 3.63) is 35.4 Å². The molecule has 0 atom stereocenters. The Morgan fingerprint density at radius 1 is 1.26 bits per heavy atom. The van der Waals surface area contributed by atoms with Crippen molar-refractivity contribution in [3.63, 3.8) is 0 Å². The molecule has 0 saturated carbocycles. The summed E-state index contributed by atoms with van der Waals surface area (Å²) in [7, 11) is 1.74. The van der Waals surface area contributed by atoms with Crippen molar-refractivity contribution < 1.29 is 9.53 Å². The predicted molar refractivity (Wildman–Crippen MR) is 93.4 cm³/mol. The van der Waals surface area contributed by atoms with Gasteiger partial charge in [0.2, 0.25) is 5.91 Å². The quantitative estimate of drug-likeness (QED) is 0.365. The predicted octanol–water partition coefficient (Wildman–Crippen LogP) is 1.51. The summed E-state index contributed by atoms with van der Waals surface area (Å²) >= 11 is 0. The van der Waals surface area contributed by atoms with Crippen LogP contribution in [0.2, 0.25) is 0 Å². The van der Waals surface area contributed by atoms with Crippen molar-refractivity contribution in [2.75, 3.05) is 26.8 Å². The summed E-state index contributed by atoms with van der Waals surface area (Å²) in [6, 6.07) is 7.20. The Labute approximate surface area is 138 Å². The van der Waals surface area contributed by atoms with Gasteiger partial charge in [-0.1, -0.05) is 26.0 Å². The second-order valence-corrected chi connectivity index (χ2v) is 5.74. The van der Waals surface area contributed by atoms with Crippen molar-refractivity contribution in [2.24, 2.45) is 16.6 Å². The lowest BCUT2D eigenvalue weighted by molar-refractivity contribution is 0.1000. The van der Waals surface area contributed by atoms with Crippen LogP contribution in [0.3, 0.4) is 0 Å². The lowest BCUT2D eigenvalue weighted by Gasteiger charge is -2.12. The maximum atomic E-state index is 11.0. The SMILES string of the molecule is CN=C(NCCCOCC(C)C)NCc1ccc(C(N)=O)cc1. The van der Waals surface area contributed by atoms with Crippen LogP contribution in [0.4, 0.5) is 0 Å². The van der Waals surface area contributed by atoms with E-state index in [0.717, 1.165) is 37.7 Å². The topological polar surface area (TPSA) is 88.7 Å². The van der Waals surface area contributed by atoms with E-state index in [2.05, 4.69) is 29.5 Å². The van der Waals surface area contributed by atoms with E-state index in [4.69, 9.17) is 10.5 Å². The van der Waals surface area contributed by atoms with Crippen LogP contribution in [-0.2, 0) is 11.3 Å². The molecule has 0 aliphatic heterocycles. The van der Waals surface area contributed by atoms with Gasteiger partial charge in [0.15, 0.2) is 5.96 Å². The van der Waals surface area contributed by atoms with E-state index in [1.165, 1.54) is 0 Å². The molecule has 0 spiro atoms. The van der Waals surface area contributed by atoms with Crippen molar-refractivity contribution in [1.29, 1.82) is 0 Å². The average molecular weight is 320 g/mol. The number of nitrogens with zero attached hydrogens (tertiary/aromatic N) is 1. The summed E-state index contributed by atoms with van der Waals surface area (Å²) in [5.74, 6) is 0.896. The summed E-state index contributed by atoms with van der Waals surface area (Å²) in [6.07, 6.45) is 0.931. The van der Waals surface area contributed by atoms with Gasteiger partial charge >= 0.3 is 0 Å². The van der Waals surface area contributed by atoms with E-state index >= 15 is 0 Å². The van der Waals surface area contributed by atoms with Crippen LogP contribution in [0.15, 0.2) is 29.3 Å². The third kappa shape index (κ3) is 8.21. The number of primary amides is 1. The molecule has 0 saturated heterocycles. The zero-order valence-electron chi connectivity index (χ0n) is 14.3. The zero-order chi connectivity index (χ0) is 17.1. The minimum absolute atomic E-state index is 0.415. The molecular weight excluding hydrogens is 292 g/mol. The van der Waals surface area contributed by atoms with E-state index in [1.54, 1.807) is 19.2 Å². The monoisotopic (exact) mass is 320 g/mol. The van der Waals surface area contributed by atoms with E-state index in [0.29, 0.717) is 18.0 Å². The molecule has 6 nitrogen and oxygen atoms in total. The number of carbonyl (C=O) groups is 1. The molecule has 1 rings (SSSR count). The number of amides is 1. The number of guanidine groups is 1. The number of ether oxygens (including phenoxy) is 1. The number of hydrogen-bond donors (Lipinski definition) is 3. The van der Waals surface area contributed by atoms with Gasteiger partial charge in [0.05, 0.1) is 0 Å². The second-order valence-electron chi connectivity index (χ2n) is 5.74. The van der Waals surface area contributed by atoms with E-state index in [9.17, 15) is 4.79 Å². The largest absolute Gasteiger partial charge is 0.381 e. The van der Waals surface area contributed by atoms with Crippen molar-refractivity contribution in [2.45, 2.75) is 26.8 Å². The van der Waals surface area contributed by atoms with Crippen LogP contribution in [0.1, 0.15) is 36.2 Å². The second kappa shape index (κ2) is 10.6. The van der Waals surface area contributed by atoms with E-state index < -0.39 is 5.91 Å². The van der Waals surface area contributed by atoms with Crippen LogP contribution >= 0.6 is 0 Å². The first-order valence-corrected chi connectivity index (χ1v) is 7.94. The van der Waals surface area contributed by atoms with Gasteiger partial charge < -0.3 is 21.1 Å². The Balaban J connectivity index is 2.24. The maximum Gasteiger partial charge on any atom is 0.248 e. The number of rotatable bonds is 9. The minimum atomic E-state index is -0.415. The van der Waals surface area contributed by atoms with Crippen LogP contribution in [0.25, 0.3) is 0 Å². The highest BCUT2D eigenvalue weighted by atomic mass is 16.5. The molecule has 0 unspecified atom stereocenters. The summed E-state index contributed by atoms with van der Waals surface area (Å²) in [6.45, 7) is 7.26. The minimum Gasteiger partial charge on any atom is -0.381 e. The Kier molecular flexibility index (Phi) is 8.75. The Bertz CT molecular complexity index is 498. The van der Waals surface area contributed by atoms with Crippen molar-refractivity contribution in [3.8, 4) is 0 Å². The lowest BCUT2D eigenvalue weighted by Crippen LogP contribution is -2.37. The molecule has 128 valence electrons. The fourth-order valence-electron chi connectivity index (χ4n) is 1.89. The van der Waals surface area contributed by atoms with Crippen LogP contribution < -0.4 is 16.4 Å². The summed E-state index contributed by atoms with van der Waals surface area (Å²) in [4.78, 5) is 15.2. The molecule has 6 heteroatoms. The number of hydrogen-bond acceptors (Lipinski definition) is 3. The Morgan fingerprint density at radius 2 is 1.96 bits per heavy atom. The van der Waals surface area contributed by atoms with E-state index in [-0.39, 0.29) is 0 Å². The summed E-state index contributed by atoms with van der Waals surface area (Å²) in [5.41, 5.74) is 6.79. The van der Waals surface area contributed by atoms with Gasteiger partial charge in [-0.05, 0) is 30.0 Å². The maximum absolute atomic E-state index is 11.0. The fraction of sp³-hybridized carbons (Fsp3) is 0.529. The number of carbonyl (C=O) groups excluding carboxylic acids is 1. The Hall–Kier alpha value is -2.08. The third-order valence-electron chi connectivity index (χ3n) is 3.13. The summed E-state index contributed by atoms with van der Waals surface area (Å²) < 4.78 is 5.53. The number of nitrogens with two attached hydrogens (primary N) is 1. The van der Waals surface area contributed by atoms with E-state index in [1.807, 2.05) is 12.1 Å². The normalized spacial score (nSPS) is 11.6. The highest BCUT2D eigenvalue weighted by Crippen LogP contribution is 2.03. The molecule has 1 amide bonds. The van der Waals surface area contributed by atoms with Crippen LogP contribution in [-0.4, -0.2) is 38.7 Å². The fourth-order valence-corrected chi connectivity index (χ4v) is 1.89. The molecule has 0 heterocycles. The first-order chi connectivity index (χ1) is 11.0. The molecule has 0 radical (unpaired) electrons. The average Bonchev–Trinajstić information content (AvgIpc) is 2.53. The highest BCUT2D eigenvalue weighted by molar-refractivity contribution is 5.92. The van der Waals surface area contributed by atoms with Gasteiger partial charge in [-0.25, -0.2) is 0 Å². The molecular formula is C17H28N4O2. The number of aliphatic imine (C=N–C) groups is 1. The number of benzene rings is 1. The molecule has 1 aromatic carbocycles. The van der Waals surface area contributed by atoms with Gasteiger partial charge in [0, 0.05) is 38.9 Å². The van der Waals surface area contributed by atoms with Crippen molar-refractivity contribution in [1.82, 2.24) is 10.6 Å². The van der Waals surface area contributed by atoms with Gasteiger partial charge in [0.1, 0.15) is 0 Å². The molecule has 0 aliphatic carbocycles. The van der Waals surface area contributed by atoms with Gasteiger partial charge in [-0.3, -0.25) is 9.79 Å². The Morgan fingerprint density at radius 3 is 2.52 bits per heavy atom. The zero-order valence-corrected chi connectivity index (χ0v) is 14.3. The molecule has 0 bridgehead atoms. The molecule has 0 fully saturated rings. The van der Waals surface area contributed by atoms with Crippen LogP contribution in [0.5, 0.6) is 0 Å². The number of nitrogens with one attached hydrogen (secondary N) is 2. The molecule has 0 aliphatic rings. The first-order valence-electron chi connectivity index (χ1n) is 7.94. The molecule has 0 aromatic heterocycles. The molecule has 23 heavy (non-hydrogen) atoms. The first kappa shape index (κ1) is 19.0. The summed E-state index contributed by atoms with van der Waals surface area (Å²) in [5, 5.41) is 6.47. The van der Waals surface area contributed by atoms with Gasteiger partial charge in [0.25, 0.3) is 0 Å². The third-order valence-corrected chi connectivity index (χ3v) is 3.13. The van der Waals surface area contributed by atoms with Crippen molar-refractivity contribution >= 4 is 11.9 Å². The highest BCUT2D eigenvalue weighted by Gasteiger charge is 2.01. The van der Waals surface area contributed by atoms with Crippen LogP contribution in [0, 0.1) is 5.92 Å². The standard InChI is InChI=1S/C17H28N4O2/c1-13(2)12-23-10-4-9-20-17(19-3)21-11-14-5-7-15(8-6-14)16(18)22/h5-8,13H,4,9-12H2,1-3H3,(H2,18,22)(H2,19,20,21). The van der Waals surface area contributed by atoms with Gasteiger partial charge in [-0.2, -0.15) is 0 Å². The smallest absolute Gasteiger partial charge is 0.248 e.